The van der Waals surface area contributed by atoms with Crippen LogP contribution >= 0.6 is 0 Å². The molecule has 0 saturated carbocycles. The summed E-state index contributed by atoms with van der Waals surface area (Å²) in [5.41, 5.74) is 0.768. The van der Waals surface area contributed by atoms with Gasteiger partial charge in [-0.15, -0.1) is 0 Å². The first-order valence-corrected chi connectivity index (χ1v) is 7.71. The largest absolute Gasteiger partial charge is 0.491 e. The van der Waals surface area contributed by atoms with Crippen LogP contribution in [0.4, 0.5) is 5.69 Å². The number of hydrogen-bond acceptors (Lipinski definition) is 3. The molecule has 1 rings (SSSR count). The SMILES string of the molecule is CCCCOc1ccccc1N(COC(C)CC)C(C)=O. The fraction of sp³-hybridized carbons (Fsp3) is 0.588. The van der Waals surface area contributed by atoms with Gasteiger partial charge in [-0.2, -0.15) is 0 Å². The summed E-state index contributed by atoms with van der Waals surface area (Å²) < 4.78 is 11.5. The molecule has 1 atom stereocenters. The fourth-order valence-corrected chi connectivity index (χ4v) is 1.78. The van der Waals surface area contributed by atoms with Crippen LogP contribution in [-0.4, -0.2) is 25.3 Å². The van der Waals surface area contributed by atoms with Crippen LogP contribution in [0, 0.1) is 0 Å². The van der Waals surface area contributed by atoms with E-state index in [0.29, 0.717) is 6.61 Å². The highest BCUT2D eigenvalue weighted by Crippen LogP contribution is 2.28. The van der Waals surface area contributed by atoms with Crippen molar-refractivity contribution in [3.05, 3.63) is 24.3 Å². The van der Waals surface area contributed by atoms with Crippen LogP contribution in [0.2, 0.25) is 0 Å². The van der Waals surface area contributed by atoms with E-state index < -0.39 is 0 Å². The molecule has 1 aromatic rings. The number of ether oxygens (including phenoxy) is 2. The van der Waals surface area contributed by atoms with Gasteiger partial charge in [-0.25, -0.2) is 0 Å². The standard InChI is InChI=1S/C17H27NO3/c1-5-7-12-20-17-11-9-8-10-16(17)18(15(4)19)13-21-14(3)6-2/h8-11,14H,5-7,12-13H2,1-4H3. The maximum absolute atomic E-state index is 11.9. The first-order valence-electron chi connectivity index (χ1n) is 7.71. The van der Waals surface area contributed by atoms with Crippen molar-refractivity contribution in [1.82, 2.24) is 0 Å². The van der Waals surface area contributed by atoms with E-state index in [1.807, 2.05) is 31.2 Å². The van der Waals surface area contributed by atoms with Crippen molar-refractivity contribution >= 4 is 11.6 Å². The summed E-state index contributed by atoms with van der Waals surface area (Å²) in [6, 6.07) is 7.60. The van der Waals surface area contributed by atoms with E-state index in [1.165, 1.54) is 0 Å². The van der Waals surface area contributed by atoms with E-state index in [0.717, 1.165) is 30.7 Å². The lowest BCUT2D eigenvalue weighted by Gasteiger charge is -2.25. The number of anilines is 1. The normalized spacial score (nSPS) is 12.0. The molecule has 0 N–H and O–H groups in total. The van der Waals surface area contributed by atoms with Gasteiger partial charge in [0.25, 0.3) is 0 Å². The highest BCUT2D eigenvalue weighted by atomic mass is 16.5. The summed E-state index contributed by atoms with van der Waals surface area (Å²) in [6.07, 6.45) is 3.12. The van der Waals surface area contributed by atoms with Gasteiger partial charge < -0.3 is 9.47 Å². The van der Waals surface area contributed by atoms with Gasteiger partial charge in [0.05, 0.1) is 18.4 Å². The third kappa shape index (κ3) is 5.76. The molecule has 0 aliphatic heterocycles. The third-order valence-electron chi connectivity index (χ3n) is 3.35. The number of rotatable bonds is 9. The number of para-hydroxylation sites is 2. The minimum atomic E-state index is -0.0511. The Morgan fingerprint density at radius 2 is 2.00 bits per heavy atom. The molecule has 0 saturated heterocycles. The Morgan fingerprint density at radius 1 is 1.29 bits per heavy atom. The molecule has 0 radical (unpaired) electrons. The highest BCUT2D eigenvalue weighted by molar-refractivity contribution is 5.92. The zero-order valence-electron chi connectivity index (χ0n) is 13.6. The van der Waals surface area contributed by atoms with Crippen molar-refractivity contribution in [2.75, 3.05) is 18.2 Å². The van der Waals surface area contributed by atoms with Crippen LogP contribution in [-0.2, 0) is 9.53 Å². The first-order chi connectivity index (χ1) is 10.1. The lowest BCUT2D eigenvalue weighted by Crippen LogP contribution is -2.33. The van der Waals surface area contributed by atoms with Crippen molar-refractivity contribution in [3.63, 3.8) is 0 Å². The molecule has 1 aromatic carbocycles. The smallest absolute Gasteiger partial charge is 0.225 e. The quantitative estimate of drug-likeness (QED) is 0.510. The van der Waals surface area contributed by atoms with Crippen LogP contribution in [0.15, 0.2) is 24.3 Å². The number of carbonyl (C=O) groups is 1. The predicted molar refractivity (Wildman–Crippen MR) is 85.7 cm³/mol. The van der Waals surface area contributed by atoms with Gasteiger partial charge in [-0.1, -0.05) is 32.4 Å². The summed E-state index contributed by atoms with van der Waals surface area (Å²) >= 11 is 0. The van der Waals surface area contributed by atoms with E-state index in [4.69, 9.17) is 9.47 Å². The van der Waals surface area contributed by atoms with Crippen LogP contribution in [0.1, 0.15) is 47.0 Å². The Bertz CT molecular complexity index is 434. The van der Waals surface area contributed by atoms with E-state index in [2.05, 4.69) is 13.8 Å². The second kappa shape index (κ2) is 9.40. The number of hydrogen-bond donors (Lipinski definition) is 0. The number of benzene rings is 1. The summed E-state index contributed by atoms with van der Waals surface area (Å²) in [6.45, 7) is 8.64. The predicted octanol–water partition coefficient (Wildman–Crippen LogP) is 3.99. The van der Waals surface area contributed by atoms with Crippen LogP contribution in [0.3, 0.4) is 0 Å². The molecule has 0 aliphatic carbocycles. The second-order valence-electron chi connectivity index (χ2n) is 5.13. The molecular weight excluding hydrogens is 266 g/mol. The summed E-state index contributed by atoms with van der Waals surface area (Å²) in [7, 11) is 0. The second-order valence-corrected chi connectivity index (χ2v) is 5.13. The van der Waals surface area contributed by atoms with Gasteiger partial charge in [0.2, 0.25) is 5.91 Å². The third-order valence-corrected chi connectivity index (χ3v) is 3.35. The highest BCUT2D eigenvalue weighted by Gasteiger charge is 2.17. The molecule has 0 aliphatic rings. The van der Waals surface area contributed by atoms with Gasteiger partial charge in [-0.3, -0.25) is 9.69 Å². The molecule has 4 nitrogen and oxygen atoms in total. The number of carbonyl (C=O) groups excluding carboxylic acids is 1. The molecular formula is C17H27NO3. The van der Waals surface area contributed by atoms with Gasteiger partial charge >= 0.3 is 0 Å². The number of unbranched alkanes of at least 4 members (excludes halogenated alkanes) is 1. The Hall–Kier alpha value is -1.55. The maximum Gasteiger partial charge on any atom is 0.225 e. The summed E-state index contributed by atoms with van der Waals surface area (Å²) in [4.78, 5) is 13.5. The average Bonchev–Trinajstić information content (AvgIpc) is 2.48. The fourth-order valence-electron chi connectivity index (χ4n) is 1.78. The van der Waals surface area contributed by atoms with Crippen LogP contribution in [0.25, 0.3) is 0 Å². The summed E-state index contributed by atoms with van der Waals surface area (Å²) in [5, 5.41) is 0. The van der Waals surface area contributed by atoms with Gasteiger partial charge in [0.1, 0.15) is 12.5 Å². The van der Waals surface area contributed by atoms with Crippen molar-refractivity contribution in [1.29, 1.82) is 0 Å². The van der Waals surface area contributed by atoms with Crippen LogP contribution in [0.5, 0.6) is 5.75 Å². The Labute approximate surface area is 128 Å². The zero-order chi connectivity index (χ0) is 15.7. The van der Waals surface area contributed by atoms with Gasteiger partial charge in [0, 0.05) is 6.92 Å². The van der Waals surface area contributed by atoms with Crippen molar-refractivity contribution < 1.29 is 14.3 Å². The van der Waals surface area contributed by atoms with Crippen molar-refractivity contribution in [2.24, 2.45) is 0 Å². The van der Waals surface area contributed by atoms with E-state index in [9.17, 15) is 4.79 Å². The van der Waals surface area contributed by atoms with Crippen LogP contribution < -0.4 is 9.64 Å². The molecule has 0 fully saturated rings. The number of amides is 1. The molecule has 0 bridgehead atoms. The number of nitrogens with zero attached hydrogens (tertiary/aromatic N) is 1. The van der Waals surface area contributed by atoms with Gasteiger partial charge in [0.15, 0.2) is 0 Å². The minimum Gasteiger partial charge on any atom is -0.491 e. The molecule has 1 unspecified atom stereocenters. The minimum absolute atomic E-state index is 0.0511. The maximum atomic E-state index is 11.9. The molecule has 118 valence electrons. The first kappa shape index (κ1) is 17.5. The molecule has 1 amide bonds. The Kier molecular flexibility index (Phi) is 7.83. The van der Waals surface area contributed by atoms with E-state index in [1.54, 1.807) is 11.8 Å². The lowest BCUT2D eigenvalue weighted by atomic mass is 10.2. The molecule has 0 heterocycles. The Morgan fingerprint density at radius 3 is 2.62 bits per heavy atom. The molecule has 21 heavy (non-hydrogen) atoms. The summed E-state index contributed by atoms with van der Waals surface area (Å²) in [5.74, 6) is 0.679. The molecule has 4 heteroatoms. The lowest BCUT2D eigenvalue weighted by molar-refractivity contribution is -0.118. The molecule has 0 spiro atoms. The zero-order valence-corrected chi connectivity index (χ0v) is 13.6. The average molecular weight is 293 g/mol. The monoisotopic (exact) mass is 293 g/mol. The topological polar surface area (TPSA) is 38.8 Å². The van der Waals surface area contributed by atoms with Crippen molar-refractivity contribution in [3.8, 4) is 5.75 Å². The van der Waals surface area contributed by atoms with E-state index in [-0.39, 0.29) is 18.7 Å². The Balaban J connectivity index is 2.84. The van der Waals surface area contributed by atoms with E-state index >= 15 is 0 Å². The van der Waals surface area contributed by atoms with Crippen molar-refractivity contribution in [2.45, 2.75) is 53.1 Å². The van der Waals surface area contributed by atoms with Gasteiger partial charge in [-0.05, 0) is 31.9 Å². The molecule has 0 aromatic heterocycles.